The standard InChI is InChI=1S/C16H24O3/c1-14-10-6-3-2-4-7-11-15(17)12-8-5-9-13-16(18)19-14/h2-4,6,9,13-15,17H,5,7-8,10-12H2,1H3/b4-2+,6-3+,13-9+/t14-,15+/m0/s1. The Hall–Kier alpha value is -1.35. The third-order valence-corrected chi connectivity index (χ3v) is 3.00. The molecule has 0 saturated heterocycles. The average molecular weight is 264 g/mol. The van der Waals surface area contributed by atoms with Crippen LogP contribution in [-0.4, -0.2) is 23.3 Å². The van der Waals surface area contributed by atoms with Crippen LogP contribution in [-0.2, 0) is 9.53 Å². The van der Waals surface area contributed by atoms with Crippen LogP contribution in [0.5, 0.6) is 0 Å². The maximum absolute atomic E-state index is 11.5. The van der Waals surface area contributed by atoms with Gasteiger partial charge in [0.2, 0.25) is 0 Å². The van der Waals surface area contributed by atoms with Gasteiger partial charge in [0.1, 0.15) is 6.10 Å². The monoisotopic (exact) mass is 264 g/mol. The van der Waals surface area contributed by atoms with E-state index in [0.717, 1.165) is 32.1 Å². The van der Waals surface area contributed by atoms with Gasteiger partial charge in [0, 0.05) is 12.5 Å². The molecule has 19 heavy (non-hydrogen) atoms. The lowest BCUT2D eigenvalue weighted by atomic mass is 10.1. The highest BCUT2D eigenvalue weighted by molar-refractivity contribution is 5.81. The highest BCUT2D eigenvalue weighted by atomic mass is 16.5. The first kappa shape index (κ1) is 15.7. The number of cyclic esters (lactones) is 1. The molecule has 1 aliphatic heterocycles. The number of carbonyl (C=O) groups is 1. The lowest BCUT2D eigenvalue weighted by Gasteiger charge is -2.09. The summed E-state index contributed by atoms with van der Waals surface area (Å²) in [5.41, 5.74) is 0. The van der Waals surface area contributed by atoms with Gasteiger partial charge in [-0.1, -0.05) is 30.4 Å². The SMILES string of the molecule is C[C@H]1C/C=C/C=C/CC[C@@H](O)CCC/C=C/C(=O)O1. The molecule has 0 unspecified atom stereocenters. The number of rotatable bonds is 0. The summed E-state index contributed by atoms with van der Waals surface area (Å²) in [7, 11) is 0. The van der Waals surface area contributed by atoms with E-state index in [1.165, 1.54) is 6.08 Å². The zero-order valence-corrected chi connectivity index (χ0v) is 11.6. The fourth-order valence-electron chi connectivity index (χ4n) is 1.89. The van der Waals surface area contributed by atoms with Gasteiger partial charge in [-0.3, -0.25) is 0 Å². The third kappa shape index (κ3) is 8.38. The number of hydrogen-bond acceptors (Lipinski definition) is 3. The van der Waals surface area contributed by atoms with Gasteiger partial charge in [0.25, 0.3) is 0 Å². The molecule has 1 rings (SSSR count). The number of aliphatic hydroxyl groups is 1. The number of hydrogen-bond donors (Lipinski definition) is 1. The molecule has 0 aromatic heterocycles. The van der Waals surface area contributed by atoms with E-state index in [-0.39, 0.29) is 18.2 Å². The lowest BCUT2D eigenvalue weighted by Crippen LogP contribution is -2.11. The minimum atomic E-state index is -0.288. The van der Waals surface area contributed by atoms with Crippen molar-refractivity contribution in [2.45, 2.75) is 57.7 Å². The smallest absolute Gasteiger partial charge is 0.330 e. The molecule has 1 heterocycles. The van der Waals surface area contributed by atoms with Crippen molar-refractivity contribution in [2.24, 2.45) is 0 Å². The Balaban J connectivity index is 2.51. The van der Waals surface area contributed by atoms with Crippen molar-refractivity contribution in [1.29, 1.82) is 0 Å². The largest absolute Gasteiger partial charge is 0.459 e. The van der Waals surface area contributed by atoms with Gasteiger partial charge in [0.05, 0.1) is 6.10 Å². The molecule has 3 nitrogen and oxygen atoms in total. The van der Waals surface area contributed by atoms with E-state index in [9.17, 15) is 9.90 Å². The van der Waals surface area contributed by atoms with Crippen LogP contribution in [0.25, 0.3) is 0 Å². The molecule has 0 aromatic carbocycles. The number of allylic oxidation sites excluding steroid dienone is 4. The van der Waals surface area contributed by atoms with Gasteiger partial charge in [-0.25, -0.2) is 4.79 Å². The molecule has 3 heteroatoms. The van der Waals surface area contributed by atoms with Gasteiger partial charge >= 0.3 is 5.97 Å². The summed E-state index contributed by atoms with van der Waals surface area (Å²) in [6.45, 7) is 1.89. The zero-order valence-electron chi connectivity index (χ0n) is 11.6. The van der Waals surface area contributed by atoms with Gasteiger partial charge in [-0.15, -0.1) is 0 Å². The predicted molar refractivity (Wildman–Crippen MR) is 76.7 cm³/mol. The summed E-state index contributed by atoms with van der Waals surface area (Å²) in [4.78, 5) is 11.5. The summed E-state index contributed by atoms with van der Waals surface area (Å²) >= 11 is 0. The Morgan fingerprint density at radius 1 is 1.16 bits per heavy atom. The fourth-order valence-corrected chi connectivity index (χ4v) is 1.89. The molecule has 0 aliphatic carbocycles. The quantitative estimate of drug-likeness (QED) is 0.683. The number of ether oxygens (including phenoxy) is 1. The van der Waals surface area contributed by atoms with Crippen molar-refractivity contribution in [3.05, 3.63) is 36.5 Å². The maximum atomic E-state index is 11.5. The van der Waals surface area contributed by atoms with E-state index in [1.807, 2.05) is 31.2 Å². The van der Waals surface area contributed by atoms with Crippen LogP contribution in [0, 0.1) is 0 Å². The Kier molecular flexibility index (Phi) is 7.91. The molecule has 1 N–H and O–H groups in total. The second kappa shape index (κ2) is 9.56. The van der Waals surface area contributed by atoms with Gasteiger partial charge < -0.3 is 9.84 Å². The van der Waals surface area contributed by atoms with E-state index in [2.05, 4.69) is 6.08 Å². The molecule has 0 radical (unpaired) electrons. The van der Waals surface area contributed by atoms with Crippen molar-refractivity contribution in [3.8, 4) is 0 Å². The number of aliphatic hydroxyl groups excluding tert-OH is 1. The first-order valence-electron chi connectivity index (χ1n) is 7.05. The molecular weight excluding hydrogens is 240 g/mol. The Labute approximate surface area is 115 Å². The summed E-state index contributed by atoms with van der Waals surface area (Å²) in [6.07, 6.45) is 15.8. The number of carbonyl (C=O) groups excluding carboxylic acids is 1. The van der Waals surface area contributed by atoms with Crippen molar-refractivity contribution < 1.29 is 14.6 Å². The maximum Gasteiger partial charge on any atom is 0.330 e. The predicted octanol–water partition coefficient (Wildman–Crippen LogP) is 3.30. The highest BCUT2D eigenvalue weighted by Crippen LogP contribution is 2.09. The topological polar surface area (TPSA) is 46.5 Å². The van der Waals surface area contributed by atoms with E-state index < -0.39 is 0 Å². The van der Waals surface area contributed by atoms with Crippen molar-refractivity contribution in [2.75, 3.05) is 0 Å². The van der Waals surface area contributed by atoms with Crippen molar-refractivity contribution in [3.63, 3.8) is 0 Å². The minimum Gasteiger partial charge on any atom is -0.459 e. The second-order valence-electron chi connectivity index (χ2n) is 4.90. The fraction of sp³-hybridized carbons (Fsp3) is 0.562. The minimum absolute atomic E-state index is 0.100. The zero-order chi connectivity index (χ0) is 13.9. The van der Waals surface area contributed by atoms with Crippen LogP contribution >= 0.6 is 0 Å². The molecule has 2 atom stereocenters. The van der Waals surface area contributed by atoms with Crippen LogP contribution in [0.1, 0.15) is 45.4 Å². The Morgan fingerprint density at radius 2 is 1.95 bits per heavy atom. The van der Waals surface area contributed by atoms with Crippen LogP contribution in [0.2, 0.25) is 0 Å². The molecule has 1 aliphatic rings. The summed E-state index contributed by atoms with van der Waals surface area (Å²) in [6, 6.07) is 0. The van der Waals surface area contributed by atoms with E-state index >= 15 is 0 Å². The summed E-state index contributed by atoms with van der Waals surface area (Å²) in [5, 5.41) is 9.74. The van der Waals surface area contributed by atoms with Crippen LogP contribution in [0.3, 0.4) is 0 Å². The first-order valence-corrected chi connectivity index (χ1v) is 7.05. The Morgan fingerprint density at radius 3 is 2.79 bits per heavy atom. The average Bonchev–Trinajstić information content (AvgIpc) is 2.36. The summed E-state index contributed by atoms with van der Waals surface area (Å²) in [5.74, 6) is -0.288. The van der Waals surface area contributed by atoms with Crippen molar-refractivity contribution in [1.82, 2.24) is 0 Å². The highest BCUT2D eigenvalue weighted by Gasteiger charge is 2.05. The van der Waals surface area contributed by atoms with Crippen LogP contribution in [0.4, 0.5) is 0 Å². The molecule has 0 fully saturated rings. The molecular formula is C16H24O3. The van der Waals surface area contributed by atoms with E-state index in [1.54, 1.807) is 0 Å². The number of esters is 1. The second-order valence-corrected chi connectivity index (χ2v) is 4.90. The molecule has 0 aromatic rings. The molecule has 0 spiro atoms. The summed E-state index contributed by atoms with van der Waals surface area (Å²) < 4.78 is 5.22. The van der Waals surface area contributed by atoms with Gasteiger partial charge in [-0.05, 0) is 39.0 Å². The van der Waals surface area contributed by atoms with E-state index in [0.29, 0.717) is 6.42 Å². The Bertz CT molecular complexity index is 342. The lowest BCUT2D eigenvalue weighted by molar-refractivity contribution is -0.141. The third-order valence-electron chi connectivity index (χ3n) is 3.00. The van der Waals surface area contributed by atoms with E-state index in [4.69, 9.17) is 4.74 Å². The molecule has 106 valence electrons. The van der Waals surface area contributed by atoms with Crippen LogP contribution in [0.15, 0.2) is 36.5 Å². The molecule has 0 saturated carbocycles. The first-order chi connectivity index (χ1) is 9.18. The molecule has 0 amide bonds. The van der Waals surface area contributed by atoms with Gasteiger partial charge in [-0.2, -0.15) is 0 Å². The van der Waals surface area contributed by atoms with Crippen LogP contribution < -0.4 is 0 Å². The van der Waals surface area contributed by atoms with Crippen molar-refractivity contribution >= 4 is 5.97 Å². The molecule has 0 bridgehead atoms. The van der Waals surface area contributed by atoms with Gasteiger partial charge in [0.15, 0.2) is 0 Å². The normalized spacial score (nSPS) is 32.2.